The van der Waals surface area contributed by atoms with Crippen molar-refractivity contribution in [3.05, 3.63) is 109 Å². The molecule has 7 rings (SSSR count). The van der Waals surface area contributed by atoms with Crippen LogP contribution in [-0.4, -0.2) is 29.1 Å². The first-order chi connectivity index (χ1) is 19.3. The second-order valence-corrected chi connectivity index (χ2v) is 12.3. The molecule has 2 amide bonds. The lowest BCUT2D eigenvalue weighted by atomic mass is 9.84. The van der Waals surface area contributed by atoms with Gasteiger partial charge in [0.2, 0.25) is 10.9 Å². The van der Waals surface area contributed by atoms with Crippen LogP contribution in [0, 0.1) is 0 Å². The molecule has 0 saturated heterocycles. The van der Waals surface area contributed by atoms with E-state index < -0.39 is 22.8 Å². The van der Waals surface area contributed by atoms with Crippen molar-refractivity contribution >= 4 is 79.9 Å². The highest BCUT2D eigenvalue weighted by atomic mass is 35.5. The molecule has 1 unspecified atom stereocenters. The topological polar surface area (TPSA) is 96.6 Å². The van der Waals surface area contributed by atoms with Crippen LogP contribution in [0.2, 0.25) is 10.0 Å². The number of thioether (sulfide) groups is 1. The molecule has 12 heteroatoms. The van der Waals surface area contributed by atoms with E-state index in [1.54, 1.807) is 67.7 Å². The minimum absolute atomic E-state index is 0.0182. The highest BCUT2D eigenvalue weighted by Gasteiger charge is 2.66. The van der Waals surface area contributed by atoms with Crippen LogP contribution in [-0.2, 0) is 16.1 Å². The number of anilines is 2. The summed E-state index contributed by atoms with van der Waals surface area (Å²) in [5, 5.41) is 10.1. The van der Waals surface area contributed by atoms with Crippen molar-refractivity contribution in [3.8, 4) is 0 Å². The Morgan fingerprint density at radius 1 is 1.00 bits per heavy atom. The molecule has 0 N–H and O–H groups in total. The van der Waals surface area contributed by atoms with Gasteiger partial charge in [-0.05, 0) is 35.9 Å². The van der Waals surface area contributed by atoms with Crippen LogP contribution in [0.25, 0.3) is 11.0 Å². The molecule has 8 nitrogen and oxygen atoms in total. The number of amides is 2. The van der Waals surface area contributed by atoms with E-state index >= 15 is 0 Å². The molecule has 4 heterocycles. The number of fused-ring (bicyclic) bond motifs is 5. The van der Waals surface area contributed by atoms with E-state index in [0.29, 0.717) is 31.4 Å². The summed E-state index contributed by atoms with van der Waals surface area (Å²) in [6, 6.07) is 19.0. The molecule has 1 spiro atoms. The third-order valence-electron chi connectivity index (χ3n) is 7.12. The monoisotopic (exact) mass is 606 g/mol. The third-order valence-corrected chi connectivity index (χ3v) is 9.79. The average Bonchev–Trinajstić information content (AvgIpc) is 3.58. The molecule has 2 aliphatic rings. The molecule has 0 aliphatic carbocycles. The fraction of sp³-hybridized carbons (Fsp3) is 0.107. The smallest absolute Gasteiger partial charge is 0.297 e. The number of carbonyl (C=O) groups excluding carboxylic acids is 2. The maximum Gasteiger partial charge on any atom is 0.297 e. The average molecular weight is 608 g/mol. The zero-order valence-electron chi connectivity index (χ0n) is 20.6. The SMILES string of the molecule is CN1C(=O)C2(c3ccccc31)c1c(oc3ccccc3c1=O)C(=O)N2c1nnc(SCc2ccc(Cl)cc2Cl)s1. The fourth-order valence-corrected chi connectivity index (χ4v) is 7.79. The summed E-state index contributed by atoms with van der Waals surface area (Å²) < 4.78 is 6.59. The molecule has 2 aromatic heterocycles. The van der Waals surface area contributed by atoms with Crippen molar-refractivity contribution in [1.29, 1.82) is 0 Å². The first-order valence-corrected chi connectivity index (χ1v) is 14.6. The minimum Gasteiger partial charge on any atom is -0.450 e. The Morgan fingerprint density at radius 2 is 1.77 bits per heavy atom. The van der Waals surface area contributed by atoms with E-state index in [9.17, 15) is 14.4 Å². The lowest BCUT2D eigenvalue weighted by Gasteiger charge is -2.31. The number of likely N-dealkylation sites (N-methyl/N-ethyl adjacent to an activating group) is 1. The minimum atomic E-state index is -1.79. The highest BCUT2D eigenvalue weighted by Crippen LogP contribution is 2.54. The maximum atomic E-state index is 14.2. The van der Waals surface area contributed by atoms with E-state index in [2.05, 4.69) is 10.2 Å². The van der Waals surface area contributed by atoms with Gasteiger partial charge in [0.25, 0.3) is 11.8 Å². The largest absolute Gasteiger partial charge is 0.450 e. The highest BCUT2D eigenvalue weighted by molar-refractivity contribution is 8.00. The number of aromatic nitrogens is 2. The van der Waals surface area contributed by atoms with E-state index in [-0.39, 0.29) is 27.4 Å². The summed E-state index contributed by atoms with van der Waals surface area (Å²) in [6.45, 7) is 0. The van der Waals surface area contributed by atoms with Gasteiger partial charge in [-0.2, -0.15) is 0 Å². The van der Waals surface area contributed by atoms with Crippen molar-refractivity contribution in [2.75, 3.05) is 16.8 Å². The molecular weight excluding hydrogens is 591 g/mol. The Morgan fingerprint density at radius 3 is 2.60 bits per heavy atom. The number of nitrogens with zero attached hydrogens (tertiary/aromatic N) is 4. The number of hydrogen-bond donors (Lipinski definition) is 0. The van der Waals surface area contributed by atoms with Crippen molar-refractivity contribution in [2.45, 2.75) is 15.6 Å². The Hall–Kier alpha value is -3.70. The van der Waals surface area contributed by atoms with E-state index in [4.69, 9.17) is 27.6 Å². The summed E-state index contributed by atoms with van der Waals surface area (Å²) in [5.41, 5.74) is -0.0488. The van der Waals surface area contributed by atoms with Crippen LogP contribution in [0.3, 0.4) is 0 Å². The second kappa shape index (κ2) is 9.17. The molecule has 0 radical (unpaired) electrons. The Labute approximate surface area is 245 Å². The zero-order chi connectivity index (χ0) is 27.8. The first kappa shape index (κ1) is 25.3. The fourth-order valence-electron chi connectivity index (χ4n) is 5.34. The quantitative estimate of drug-likeness (QED) is 0.179. The Balaban J connectivity index is 1.40. The molecule has 3 aromatic carbocycles. The molecule has 0 bridgehead atoms. The lowest BCUT2D eigenvalue weighted by Crippen LogP contribution is -2.53. The normalized spacial score (nSPS) is 17.8. The van der Waals surface area contributed by atoms with Crippen LogP contribution in [0.5, 0.6) is 0 Å². The van der Waals surface area contributed by atoms with Gasteiger partial charge < -0.3 is 9.32 Å². The summed E-state index contributed by atoms with van der Waals surface area (Å²) in [7, 11) is 1.62. The van der Waals surface area contributed by atoms with Gasteiger partial charge in [-0.3, -0.25) is 19.3 Å². The van der Waals surface area contributed by atoms with Crippen molar-refractivity contribution in [2.24, 2.45) is 0 Å². The van der Waals surface area contributed by atoms with Crippen LogP contribution < -0.4 is 15.2 Å². The van der Waals surface area contributed by atoms with Crippen molar-refractivity contribution in [1.82, 2.24) is 10.2 Å². The van der Waals surface area contributed by atoms with Gasteiger partial charge >= 0.3 is 0 Å². The number of benzene rings is 3. The molecule has 0 fully saturated rings. The number of carbonyl (C=O) groups is 2. The molecule has 198 valence electrons. The van der Waals surface area contributed by atoms with Crippen molar-refractivity contribution < 1.29 is 14.0 Å². The summed E-state index contributed by atoms with van der Waals surface area (Å²) in [5.74, 6) is -0.787. The van der Waals surface area contributed by atoms with Crippen LogP contribution in [0.15, 0.2) is 80.3 Å². The molecule has 0 saturated carbocycles. The predicted octanol–water partition coefficient (Wildman–Crippen LogP) is 6.12. The standard InChI is InChI=1S/C28H16Cl2N4O4S2/c1-33-19-8-4-3-7-17(19)28(25(33)37)21-22(35)16-6-2-5-9-20(16)38-23(21)24(36)34(28)26-31-32-27(40-26)39-13-14-10-11-15(29)12-18(14)30/h2-12H,13H2,1H3. The molecule has 2 aliphatic heterocycles. The molecule has 1 atom stereocenters. The molecule has 40 heavy (non-hydrogen) atoms. The first-order valence-electron chi connectivity index (χ1n) is 12.0. The maximum absolute atomic E-state index is 14.2. The number of rotatable bonds is 4. The van der Waals surface area contributed by atoms with E-state index in [1.165, 1.54) is 21.6 Å². The Kier molecular flexibility index (Phi) is 5.79. The van der Waals surface area contributed by atoms with Crippen LogP contribution >= 0.6 is 46.3 Å². The van der Waals surface area contributed by atoms with Gasteiger partial charge in [-0.15, -0.1) is 10.2 Å². The second-order valence-electron chi connectivity index (χ2n) is 9.24. The number of halogens is 2. The van der Waals surface area contributed by atoms with Gasteiger partial charge in [0, 0.05) is 34.1 Å². The molecule has 5 aromatic rings. The van der Waals surface area contributed by atoms with Gasteiger partial charge in [0.05, 0.1) is 10.9 Å². The van der Waals surface area contributed by atoms with E-state index in [1.807, 2.05) is 6.07 Å². The van der Waals surface area contributed by atoms with Crippen LogP contribution in [0.1, 0.15) is 27.2 Å². The lowest BCUT2D eigenvalue weighted by molar-refractivity contribution is -0.121. The zero-order valence-corrected chi connectivity index (χ0v) is 23.7. The van der Waals surface area contributed by atoms with Gasteiger partial charge in [0.15, 0.2) is 15.3 Å². The number of para-hydroxylation sites is 2. The van der Waals surface area contributed by atoms with Crippen molar-refractivity contribution in [3.63, 3.8) is 0 Å². The summed E-state index contributed by atoms with van der Waals surface area (Å²) >= 11 is 14.9. The van der Waals surface area contributed by atoms with E-state index in [0.717, 1.165) is 16.9 Å². The Bertz CT molecular complexity index is 1960. The third kappa shape index (κ3) is 3.43. The predicted molar refractivity (Wildman–Crippen MR) is 156 cm³/mol. The van der Waals surface area contributed by atoms with Crippen LogP contribution in [0.4, 0.5) is 10.8 Å². The van der Waals surface area contributed by atoms with Gasteiger partial charge in [-0.1, -0.05) is 82.7 Å². The molecular formula is C28H16Cl2N4O4S2. The number of hydrogen-bond acceptors (Lipinski definition) is 8. The van der Waals surface area contributed by atoms with Gasteiger partial charge in [-0.25, -0.2) is 0 Å². The summed E-state index contributed by atoms with van der Waals surface area (Å²) in [4.78, 5) is 45.1. The summed E-state index contributed by atoms with van der Waals surface area (Å²) in [6.07, 6.45) is 0. The van der Waals surface area contributed by atoms with Gasteiger partial charge in [0.1, 0.15) is 5.58 Å².